The van der Waals surface area contributed by atoms with Crippen molar-refractivity contribution in [3.8, 4) is 0 Å². The van der Waals surface area contributed by atoms with Gasteiger partial charge in [-0.25, -0.2) is 13.4 Å². The number of hydrogen-bond acceptors (Lipinski definition) is 5. The highest BCUT2D eigenvalue weighted by molar-refractivity contribution is 7.91. The molecule has 170 valence electrons. The molecule has 32 heavy (non-hydrogen) atoms. The summed E-state index contributed by atoms with van der Waals surface area (Å²) < 4.78 is 34.4. The van der Waals surface area contributed by atoms with E-state index in [0.717, 1.165) is 43.9 Å². The van der Waals surface area contributed by atoms with Crippen LogP contribution in [0.1, 0.15) is 45.1 Å². The van der Waals surface area contributed by atoms with Crippen LogP contribution < -0.4 is 0 Å². The Kier molecular flexibility index (Phi) is 6.43. The molecule has 3 aromatic rings. The summed E-state index contributed by atoms with van der Waals surface area (Å²) >= 11 is 5.62. The highest BCUT2D eigenvalue weighted by atomic mass is 35.5. The molecule has 1 aromatic carbocycles. The zero-order valence-corrected chi connectivity index (χ0v) is 20.2. The first-order valence-corrected chi connectivity index (χ1v) is 12.7. The summed E-state index contributed by atoms with van der Waals surface area (Å²) in [4.78, 5) is 9.41. The van der Waals surface area contributed by atoms with Crippen LogP contribution in [-0.4, -0.2) is 36.2 Å². The number of benzene rings is 1. The maximum atomic E-state index is 13.3. The third-order valence-corrected chi connectivity index (χ3v) is 7.65. The summed E-state index contributed by atoms with van der Waals surface area (Å²) in [6.45, 7) is 8.84. The maximum absolute atomic E-state index is 13.3. The average molecular weight is 474 g/mol. The first kappa shape index (κ1) is 23.0. The Morgan fingerprint density at radius 1 is 1.16 bits per heavy atom. The molecule has 6 nitrogen and oxygen atoms in total. The monoisotopic (exact) mass is 473 g/mol. The smallest absolute Gasteiger partial charge is 0.206 e. The summed E-state index contributed by atoms with van der Waals surface area (Å²) in [6, 6.07) is 8.24. The quantitative estimate of drug-likeness (QED) is 0.509. The van der Waals surface area contributed by atoms with Crippen molar-refractivity contribution in [2.75, 3.05) is 13.2 Å². The second kappa shape index (κ2) is 8.96. The Labute approximate surface area is 194 Å². The molecule has 4 rings (SSSR count). The molecule has 0 bridgehead atoms. The number of fused-ring (bicyclic) bond motifs is 1. The minimum absolute atomic E-state index is 0.170. The number of halogens is 1. The highest BCUT2D eigenvalue weighted by Crippen LogP contribution is 2.31. The predicted octanol–water partition coefficient (Wildman–Crippen LogP) is 5.20. The molecule has 1 aliphatic heterocycles. The summed E-state index contributed by atoms with van der Waals surface area (Å²) in [5.74, 6) is 1.49. The van der Waals surface area contributed by atoms with E-state index in [0.29, 0.717) is 17.1 Å². The van der Waals surface area contributed by atoms with Crippen LogP contribution in [0.2, 0.25) is 0 Å². The normalized spacial score (nSPS) is 16.2. The highest BCUT2D eigenvalue weighted by Gasteiger charge is 2.27. The third-order valence-electron chi connectivity index (χ3n) is 5.78. The fourth-order valence-corrected chi connectivity index (χ4v) is 5.54. The molecule has 1 saturated heterocycles. The molecule has 0 saturated carbocycles. The van der Waals surface area contributed by atoms with E-state index in [-0.39, 0.29) is 15.2 Å². The molecule has 0 aliphatic carbocycles. The molecule has 1 aliphatic rings. The van der Waals surface area contributed by atoms with Gasteiger partial charge < -0.3 is 9.30 Å². The number of aromatic nitrogens is 3. The summed E-state index contributed by atoms with van der Waals surface area (Å²) in [6.07, 6.45) is 5.07. The SMILES string of the molecule is CC(C)(C)c1nc2cc(S(=O)(=O)c3ccnc(/C=C\Cl)c3)ccc2n1CC1CCOCC1. The van der Waals surface area contributed by atoms with Gasteiger partial charge in [-0.05, 0) is 55.2 Å². The van der Waals surface area contributed by atoms with Crippen molar-refractivity contribution in [2.45, 2.75) is 55.4 Å². The molecule has 0 radical (unpaired) electrons. The number of nitrogens with zero attached hydrogens (tertiary/aromatic N) is 3. The van der Waals surface area contributed by atoms with Crippen LogP contribution >= 0.6 is 11.6 Å². The van der Waals surface area contributed by atoms with Crippen LogP contribution in [0, 0.1) is 5.92 Å². The fourth-order valence-electron chi connectivity index (χ4n) is 4.11. The molecule has 2 aromatic heterocycles. The standard InChI is InChI=1S/C24H28ClN3O3S/c1-24(2,3)23-27-21-15-19(32(29,30)20-7-11-26-18(14-20)6-10-25)4-5-22(21)28(23)16-17-8-12-31-13-9-17/h4-7,10-11,14-15,17H,8-9,12-13,16H2,1-3H3/b10-6-. The van der Waals surface area contributed by atoms with Crippen molar-refractivity contribution in [1.82, 2.24) is 14.5 Å². The van der Waals surface area contributed by atoms with E-state index in [2.05, 4.69) is 30.3 Å². The van der Waals surface area contributed by atoms with Gasteiger partial charge in [-0.3, -0.25) is 4.98 Å². The minimum atomic E-state index is -3.72. The van der Waals surface area contributed by atoms with Crippen LogP contribution in [0.4, 0.5) is 0 Å². The lowest BCUT2D eigenvalue weighted by Gasteiger charge is -2.26. The first-order chi connectivity index (χ1) is 15.2. The largest absolute Gasteiger partial charge is 0.381 e. The van der Waals surface area contributed by atoms with Crippen LogP contribution in [0.5, 0.6) is 0 Å². The van der Waals surface area contributed by atoms with Crippen LogP contribution in [0.3, 0.4) is 0 Å². The molecule has 8 heteroatoms. The Balaban J connectivity index is 1.78. The van der Waals surface area contributed by atoms with Gasteiger partial charge in [-0.2, -0.15) is 0 Å². The summed E-state index contributed by atoms with van der Waals surface area (Å²) in [5, 5.41) is 0. The Morgan fingerprint density at radius 3 is 2.56 bits per heavy atom. The van der Waals surface area contributed by atoms with Crippen LogP contribution in [0.25, 0.3) is 17.1 Å². The average Bonchev–Trinajstić information content (AvgIpc) is 3.13. The van der Waals surface area contributed by atoms with Gasteiger partial charge in [-0.1, -0.05) is 32.4 Å². The zero-order valence-electron chi connectivity index (χ0n) is 18.6. The molecule has 0 amide bonds. The molecule has 0 spiro atoms. The van der Waals surface area contributed by atoms with Crippen LogP contribution in [-0.2, 0) is 26.5 Å². The maximum Gasteiger partial charge on any atom is 0.206 e. The van der Waals surface area contributed by atoms with Gasteiger partial charge in [0.2, 0.25) is 9.84 Å². The van der Waals surface area contributed by atoms with E-state index < -0.39 is 9.84 Å². The summed E-state index contributed by atoms with van der Waals surface area (Å²) in [7, 11) is -3.72. The Morgan fingerprint density at radius 2 is 1.88 bits per heavy atom. The van der Waals surface area contributed by atoms with E-state index in [1.54, 1.807) is 18.2 Å². The van der Waals surface area contributed by atoms with Crippen molar-refractivity contribution in [1.29, 1.82) is 0 Å². The number of pyridine rings is 1. The van der Waals surface area contributed by atoms with Gasteiger partial charge in [0.25, 0.3) is 0 Å². The lowest BCUT2D eigenvalue weighted by molar-refractivity contribution is 0.0611. The molecule has 3 heterocycles. The minimum Gasteiger partial charge on any atom is -0.381 e. The van der Waals surface area contributed by atoms with Crippen molar-refractivity contribution >= 4 is 38.5 Å². The van der Waals surface area contributed by atoms with Crippen molar-refractivity contribution in [3.05, 3.63) is 53.6 Å². The summed E-state index contributed by atoms with van der Waals surface area (Å²) in [5.41, 5.74) is 3.28. The van der Waals surface area contributed by atoms with Gasteiger partial charge in [-0.15, -0.1) is 0 Å². The number of hydrogen-bond donors (Lipinski definition) is 0. The van der Waals surface area contributed by atoms with E-state index in [1.165, 1.54) is 23.9 Å². The fraction of sp³-hybridized carbons (Fsp3) is 0.417. The number of imidazole rings is 1. The van der Waals surface area contributed by atoms with Crippen LogP contribution in [0.15, 0.2) is 51.9 Å². The molecule has 0 N–H and O–H groups in total. The number of ether oxygens (including phenoxy) is 1. The predicted molar refractivity (Wildman–Crippen MR) is 127 cm³/mol. The third kappa shape index (κ3) is 4.60. The Hall–Kier alpha value is -2.22. The van der Waals surface area contributed by atoms with Crippen molar-refractivity contribution < 1.29 is 13.2 Å². The second-order valence-electron chi connectivity index (χ2n) is 9.21. The van der Waals surface area contributed by atoms with Gasteiger partial charge in [0.15, 0.2) is 0 Å². The lowest BCUT2D eigenvalue weighted by atomic mass is 9.94. The van der Waals surface area contributed by atoms with Gasteiger partial charge in [0.05, 0.1) is 26.5 Å². The molecule has 0 atom stereocenters. The molecule has 0 unspecified atom stereocenters. The topological polar surface area (TPSA) is 74.1 Å². The van der Waals surface area contributed by atoms with Gasteiger partial charge in [0, 0.05) is 36.9 Å². The van der Waals surface area contributed by atoms with E-state index in [9.17, 15) is 8.42 Å². The zero-order chi connectivity index (χ0) is 22.9. The Bertz CT molecular complexity index is 1250. The lowest BCUT2D eigenvalue weighted by Crippen LogP contribution is -2.25. The van der Waals surface area contributed by atoms with Crippen molar-refractivity contribution in [2.24, 2.45) is 5.92 Å². The second-order valence-corrected chi connectivity index (χ2v) is 11.4. The van der Waals surface area contributed by atoms with Crippen molar-refractivity contribution in [3.63, 3.8) is 0 Å². The first-order valence-electron chi connectivity index (χ1n) is 10.8. The molecule has 1 fully saturated rings. The number of sulfone groups is 1. The molecular weight excluding hydrogens is 446 g/mol. The van der Waals surface area contributed by atoms with Gasteiger partial charge >= 0.3 is 0 Å². The van der Waals surface area contributed by atoms with E-state index >= 15 is 0 Å². The number of rotatable bonds is 5. The molecular formula is C24H28ClN3O3S. The van der Waals surface area contributed by atoms with E-state index in [4.69, 9.17) is 21.3 Å². The van der Waals surface area contributed by atoms with Gasteiger partial charge in [0.1, 0.15) is 5.82 Å². The van der Waals surface area contributed by atoms with E-state index in [1.807, 2.05) is 6.07 Å².